The van der Waals surface area contributed by atoms with Crippen LogP contribution in [0.4, 0.5) is 0 Å². The van der Waals surface area contributed by atoms with Crippen molar-refractivity contribution in [3.8, 4) is 0 Å². The lowest BCUT2D eigenvalue weighted by molar-refractivity contribution is -0.145. The number of amidine groups is 1. The molecule has 0 aliphatic carbocycles. The molecule has 1 fully saturated rings. The molecule has 8 nitrogen and oxygen atoms in total. The molecule has 9 heteroatoms. The third-order valence-electron chi connectivity index (χ3n) is 5.53. The van der Waals surface area contributed by atoms with Gasteiger partial charge in [-0.25, -0.2) is 0 Å². The first-order chi connectivity index (χ1) is 13.7. The van der Waals surface area contributed by atoms with Crippen LogP contribution in [0.1, 0.15) is 26.2 Å². The van der Waals surface area contributed by atoms with E-state index in [2.05, 4.69) is 15.2 Å². The number of likely N-dealkylation sites (N-methyl/N-ethyl adjacent to an activating group) is 1. The van der Waals surface area contributed by atoms with Gasteiger partial charge in [0.2, 0.25) is 11.8 Å². The van der Waals surface area contributed by atoms with Gasteiger partial charge in [-0.3, -0.25) is 14.6 Å². The Morgan fingerprint density at radius 2 is 1.86 bits per heavy atom. The lowest BCUT2D eigenvalue weighted by atomic mass is 10.00. The van der Waals surface area contributed by atoms with Crippen molar-refractivity contribution in [2.24, 2.45) is 4.99 Å². The highest BCUT2D eigenvalue weighted by molar-refractivity contribution is 8.13. The maximum absolute atomic E-state index is 13.2. The van der Waals surface area contributed by atoms with Crippen molar-refractivity contribution in [1.29, 1.82) is 0 Å². The number of amides is 2. The van der Waals surface area contributed by atoms with Crippen LogP contribution in [0, 0.1) is 0 Å². The van der Waals surface area contributed by atoms with Crippen LogP contribution in [-0.2, 0) is 9.59 Å². The third-order valence-corrected chi connectivity index (χ3v) is 6.99. The van der Waals surface area contributed by atoms with Gasteiger partial charge in [0.15, 0.2) is 5.17 Å². The molecule has 1 saturated heterocycles. The summed E-state index contributed by atoms with van der Waals surface area (Å²) in [6.45, 7) is 6.83. The lowest BCUT2D eigenvalue weighted by Crippen LogP contribution is -2.63. The number of aliphatic imine (C=N–C) groups is 1. The standard InChI is InChI=1S/C20H38N6O2S/c1-20(18(28)21-9-12-23(2)3)16-29-19(24(4)5)22-15-17(27)26(20)14-13-25-10-7-6-8-11-25/h6-16H2,1-5H3,(H,21,28). The number of carbonyl (C=O) groups is 2. The summed E-state index contributed by atoms with van der Waals surface area (Å²) in [5, 5.41) is 3.84. The van der Waals surface area contributed by atoms with Crippen LogP contribution in [0.25, 0.3) is 0 Å². The molecule has 2 rings (SSSR count). The number of piperidine rings is 1. The van der Waals surface area contributed by atoms with Crippen LogP contribution in [0.3, 0.4) is 0 Å². The Labute approximate surface area is 180 Å². The van der Waals surface area contributed by atoms with Crippen LogP contribution in [0.2, 0.25) is 0 Å². The zero-order valence-electron chi connectivity index (χ0n) is 18.7. The highest BCUT2D eigenvalue weighted by Crippen LogP contribution is 2.26. The van der Waals surface area contributed by atoms with E-state index in [1.165, 1.54) is 19.3 Å². The Morgan fingerprint density at radius 3 is 2.48 bits per heavy atom. The first kappa shape index (κ1) is 24.0. The minimum absolute atomic E-state index is 0.0769. The maximum Gasteiger partial charge on any atom is 0.246 e. The van der Waals surface area contributed by atoms with Gasteiger partial charge in [0, 0.05) is 46.0 Å². The number of carbonyl (C=O) groups excluding carboxylic acids is 2. The molecule has 0 radical (unpaired) electrons. The molecule has 1 atom stereocenters. The molecule has 29 heavy (non-hydrogen) atoms. The Hall–Kier alpha value is -1.32. The van der Waals surface area contributed by atoms with Gasteiger partial charge in [-0.1, -0.05) is 18.2 Å². The SMILES string of the molecule is CN(C)CCNC(=O)C1(C)CSC(N(C)C)=NCC(=O)N1CCN1CCCCC1. The maximum atomic E-state index is 13.2. The van der Waals surface area contributed by atoms with Gasteiger partial charge in [0.05, 0.1) is 0 Å². The summed E-state index contributed by atoms with van der Waals surface area (Å²) in [6.07, 6.45) is 3.70. The zero-order valence-corrected chi connectivity index (χ0v) is 19.6. The molecule has 2 heterocycles. The predicted octanol–water partition coefficient (Wildman–Crippen LogP) is 0.402. The fraction of sp³-hybridized carbons (Fsp3) is 0.850. The van der Waals surface area contributed by atoms with Gasteiger partial charge >= 0.3 is 0 Å². The smallest absolute Gasteiger partial charge is 0.246 e. The molecule has 166 valence electrons. The second kappa shape index (κ2) is 11.2. The number of hydrogen-bond acceptors (Lipinski definition) is 7. The molecule has 0 aromatic rings. The summed E-state index contributed by atoms with van der Waals surface area (Å²) in [5.41, 5.74) is -0.902. The van der Waals surface area contributed by atoms with Gasteiger partial charge < -0.3 is 24.9 Å². The van der Waals surface area contributed by atoms with Crippen LogP contribution in [0.15, 0.2) is 4.99 Å². The van der Waals surface area contributed by atoms with Gasteiger partial charge in [-0.05, 0) is 47.0 Å². The van der Waals surface area contributed by atoms with E-state index < -0.39 is 5.54 Å². The Morgan fingerprint density at radius 1 is 1.17 bits per heavy atom. The topological polar surface area (TPSA) is 71.5 Å². The normalized spacial score (nSPS) is 24.1. The van der Waals surface area contributed by atoms with E-state index in [9.17, 15) is 9.59 Å². The Kier molecular flexibility index (Phi) is 9.23. The van der Waals surface area contributed by atoms with Crippen LogP contribution >= 0.6 is 11.8 Å². The molecule has 0 aromatic carbocycles. The van der Waals surface area contributed by atoms with Gasteiger partial charge in [0.1, 0.15) is 12.1 Å². The van der Waals surface area contributed by atoms with Crippen molar-refractivity contribution in [2.45, 2.75) is 31.7 Å². The number of thioether (sulfide) groups is 1. The fourth-order valence-electron chi connectivity index (χ4n) is 3.66. The molecule has 0 bridgehead atoms. The summed E-state index contributed by atoms with van der Waals surface area (Å²) in [7, 11) is 7.79. The first-order valence-corrected chi connectivity index (χ1v) is 11.5. The van der Waals surface area contributed by atoms with Crippen molar-refractivity contribution in [3.63, 3.8) is 0 Å². The minimum atomic E-state index is -0.902. The third kappa shape index (κ3) is 6.86. The molecule has 1 unspecified atom stereocenters. The highest BCUT2D eigenvalue weighted by atomic mass is 32.2. The Balaban J connectivity index is 2.17. The number of rotatable bonds is 7. The summed E-state index contributed by atoms with van der Waals surface area (Å²) >= 11 is 1.54. The molecular weight excluding hydrogens is 388 g/mol. The summed E-state index contributed by atoms with van der Waals surface area (Å²) in [5.74, 6) is 0.328. The minimum Gasteiger partial charge on any atom is -0.358 e. The summed E-state index contributed by atoms with van der Waals surface area (Å²) in [4.78, 5) is 38.9. The van der Waals surface area contributed by atoms with Gasteiger partial charge in [0.25, 0.3) is 0 Å². The van der Waals surface area contributed by atoms with Gasteiger partial charge in [-0.2, -0.15) is 0 Å². The summed E-state index contributed by atoms with van der Waals surface area (Å²) < 4.78 is 0. The van der Waals surface area contributed by atoms with Crippen molar-refractivity contribution < 1.29 is 9.59 Å². The number of hydrogen-bond donors (Lipinski definition) is 1. The second-order valence-corrected chi connectivity index (χ2v) is 9.51. The Bertz CT molecular complexity index is 592. The molecule has 0 aromatic heterocycles. The van der Waals surface area contributed by atoms with Crippen molar-refractivity contribution >= 4 is 28.7 Å². The highest BCUT2D eigenvalue weighted by Gasteiger charge is 2.43. The molecule has 0 spiro atoms. The van der Waals surface area contributed by atoms with E-state index in [1.54, 1.807) is 16.7 Å². The van der Waals surface area contributed by atoms with Crippen LogP contribution in [-0.4, -0.2) is 122 Å². The lowest BCUT2D eigenvalue weighted by Gasteiger charge is -2.42. The van der Waals surface area contributed by atoms with Crippen molar-refractivity contribution in [2.75, 3.05) is 79.8 Å². The summed E-state index contributed by atoms with van der Waals surface area (Å²) in [6, 6.07) is 0. The fourth-order valence-corrected chi connectivity index (χ4v) is 4.77. The van der Waals surface area contributed by atoms with Crippen molar-refractivity contribution in [1.82, 2.24) is 24.9 Å². The van der Waals surface area contributed by atoms with Crippen LogP contribution < -0.4 is 5.32 Å². The van der Waals surface area contributed by atoms with E-state index in [0.717, 1.165) is 31.3 Å². The molecule has 0 saturated carbocycles. The predicted molar refractivity (Wildman–Crippen MR) is 120 cm³/mol. The van der Waals surface area contributed by atoms with E-state index in [-0.39, 0.29) is 18.4 Å². The zero-order chi connectivity index (χ0) is 21.4. The number of nitrogens with zero attached hydrogens (tertiary/aromatic N) is 5. The van der Waals surface area contributed by atoms with E-state index in [1.807, 2.05) is 44.9 Å². The number of nitrogens with one attached hydrogen (secondary N) is 1. The quantitative estimate of drug-likeness (QED) is 0.636. The van der Waals surface area contributed by atoms with E-state index >= 15 is 0 Å². The molecular formula is C20H38N6O2S. The number of likely N-dealkylation sites (tertiary alicyclic amines) is 1. The van der Waals surface area contributed by atoms with Crippen LogP contribution in [0.5, 0.6) is 0 Å². The average molecular weight is 427 g/mol. The largest absolute Gasteiger partial charge is 0.358 e. The van der Waals surface area contributed by atoms with Crippen molar-refractivity contribution in [3.05, 3.63) is 0 Å². The molecule has 1 N–H and O–H groups in total. The average Bonchev–Trinajstić information content (AvgIpc) is 2.67. The van der Waals surface area contributed by atoms with E-state index in [0.29, 0.717) is 18.8 Å². The van der Waals surface area contributed by atoms with Gasteiger partial charge in [-0.15, -0.1) is 0 Å². The molecule has 2 amide bonds. The second-order valence-electron chi connectivity index (χ2n) is 8.56. The first-order valence-electron chi connectivity index (χ1n) is 10.5. The molecule has 2 aliphatic heterocycles. The van der Waals surface area contributed by atoms with E-state index in [4.69, 9.17) is 0 Å². The monoisotopic (exact) mass is 426 g/mol. The molecule has 2 aliphatic rings.